The number of carbonyl (C=O) groups excluding carboxylic acids is 1. The van der Waals surface area contributed by atoms with E-state index in [-0.39, 0.29) is 5.97 Å². The van der Waals surface area contributed by atoms with Crippen molar-refractivity contribution in [1.29, 1.82) is 0 Å². The summed E-state index contributed by atoms with van der Waals surface area (Å²) < 4.78 is 4.78. The Balaban J connectivity index is 2.69. The molecule has 0 aliphatic heterocycles. The topological polar surface area (TPSA) is 55.6 Å². The van der Waals surface area contributed by atoms with E-state index in [1.165, 1.54) is 7.11 Å². The molecule has 1 aromatic rings. The Bertz CT molecular complexity index is 420. The molecule has 1 rings (SSSR count). The summed E-state index contributed by atoms with van der Waals surface area (Å²) in [4.78, 5) is 15.0. The third-order valence-corrected chi connectivity index (χ3v) is 4.02. The summed E-state index contributed by atoms with van der Waals surface area (Å²) in [5, 5.41) is 0. The van der Waals surface area contributed by atoms with Crippen LogP contribution in [0.4, 0.5) is 5.69 Å². The Kier molecular flexibility index (Phi) is 6.73. The van der Waals surface area contributed by atoms with Crippen LogP contribution in [0.5, 0.6) is 0 Å². The molecule has 0 saturated heterocycles. The standard InChI is InChI=1S/C14H22N2O2S/c1-4-16(5-2)8-9-19-13-7-6-11(15)10-12(13)14(17)18-3/h6-7,10H,4-5,8-9,15H2,1-3H3. The van der Waals surface area contributed by atoms with Crippen molar-refractivity contribution in [2.45, 2.75) is 18.7 Å². The van der Waals surface area contributed by atoms with Crippen molar-refractivity contribution in [2.24, 2.45) is 0 Å². The molecule has 0 amide bonds. The summed E-state index contributed by atoms with van der Waals surface area (Å²) in [7, 11) is 1.38. The number of hydrogen-bond acceptors (Lipinski definition) is 5. The van der Waals surface area contributed by atoms with E-state index in [0.717, 1.165) is 30.3 Å². The third-order valence-electron chi connectivity index (χ3n) is 2.97. The maximum Gasteiger partial charge on any atom is 0.339 e. The maximum absolute atomic E-state index is 11.7. The van der Waals surface area contributed by atoms with Gasteiger partial charge in [-0.1, -0.05) is 13.8 Å². The lowest BCUT2D eigenvalue weighted by Gasteiger charge is -2.17. The molecule has 1 aromatic carbocycles. The minimum absolute atomic E-state index is 0.336. The fourth-order valence-electron chi connectivity index (χ4n) is 1.77. The number of nitrogens with zero attached hydrogens (tertiary/aromatic N) is 1. The number of hydrogen-bond donors (Lipinski definition) is 1. The third kappa shape index (κ3) is 4.76. The molecule has 0 fully saturated rings. The summed E-state index contributed by atoms with van der Waals surface area (Å²) in [5.41, 5.74) is 6.84. The second kappa shape index (κ2) is 8.07. The number of carbonyl (C=O) groups is 1. The monoisotopic (exact) mass is 282 g/mol. The Morgan fingerprint density at radius 1 is 1.37 bits per heavy atom. The van der Waals surface area contributed by atoms with Gasteiger partial charge in [0.25, 0.3) is 0 Å². The molecule has 2 N–H and O–H groups in total. The van der Waals surface area contributed by atoms with Crippen LogP contribution in [0, 0.1) is 0 Å². The smallest absolute Gasteiger partial charge is 0.339 e. The molecule has 0 atom stereocenters. The van der Waals surface area contributed by atoms with Gasteiger partial charge in [-0.2, -0.15) is 0 Å². The summed E-state index contributed by atoms with van der Waals surface area (Å²) in [6.45, 7) is 7.39. The highest BCUT2D eigenvalue weighted by Crippen LogP contribution is 2.25. The van der Waals surface area contributed by atoms with Gasteiger partial charge in [0.05, 0.1) is 12.7 Å². The first-order valence-corrected chi connectivity index (χ1v) is 7.43. The molecule has 19 heavy (non-hydrogen) atoms. The Labute approximate surface area is 119 Å². The lowest BCUT2D eigenvalue weighted by molar-refractivity contribution is 0.0597. The summed E-state index contributed by atoms with van der Waals surface area (Å²) >= 11 is 1.66. The van der Waals surface area contributed by atoms with Gasteiger partial charge < -0.3 is 15.4 Å². The van der Waals surface area contributed by atoms with Gasteiger partial charge in [-0.15, -0.1) is 11.8 Å². The van der Waals surface area contributed by atoms with Crippen molar-refractivity contribution < 1.29 is 9.53 Å². The number of benzene rings is 1. The lowest BCUT2D eigenvalue weighted by Crippen LogP contribution is -2.25. The van der Waals surface area contributed by atoms with Gasteiger partial charge in [-0.3, -0.25) is 0 Å². The van der Waals surface area contributed by atoms with E-state index in [2.05, 4.69) is 18.7 Å². The molecule has 0 spiro atoms. The summed E-state index contributed by atoms with van der Waals surface area (Å²) in [6.07, 6.45) is 0. The summed E-state index contributed by atoms with van der Waals surface area (Å²) in [6, 6.07) is 5.37. The number of anilines is 1. The van der Waals surface area contributed by atoms with E-state index in [1.54, 1.807) is 17.8 Å². The van der Waals surface area contributed by atoms with Crippen LogP contribution in [-0.4, -0.2) is 43.4 Å². The molecule has 0 aromatic heterocycles. The molecule has 0 unspecified atom stereocenters. The summed E-state index contributed by atoms with van der Waals surface area (Å²) in [5.74, 6) is 0.605. The highest BCUT2D eigenvalue weighted by Gasteiger charge is 2.12. The quantitative estimate of drug-likeness (QED) is 0.473. The molecule has 106 valence electrons. The normalized spacial score (nSPS) is 10.7. The zero-order valence-electron chi connectivity index (χ0n) is 11.8. The molecule has 0 radical (unpaired) electrons. The molecule has 0 saturated carbocycles. The second-order valence-electron chi connectivity index (χ2n) is 4.12. The van der Waals surface area contributed by atoms with Crippen LogP contribution >= 0.6 is 11.8 Å². The highest BCUT2D eigenvalue weighted by atomic mass is 32.2. The van der Waals surface area contributed by atoms with Crippen molar-refractivity contribution in [2.75, 3.05) is 38.2 Å². The van der Waals surface area contributed by atoms with Crippen LogP contribution in [0.3, 0.4) is 0 Å². The van der Waals surface area contributed by atoms with Crippen molar-refractivity contribution in [3.63, 3.8) is 0 Å². The number of ether oxygens (including phenoxy) is 1. The SMILES string of the molecule is CCN(CC)CCSc1ccc(N)cc1C(=O)OC. The van der Waals surface area contributed by atoms with E-state index >= 15 is 0 Å². The number of nitrogen functional groups attached to an aromatic ring is 1. The van der Waals surface area contributed by atoms with Gasteiger partial charge >= 0.3 is 5.97 Å². The van der Waals surface area contributed by atoms with Gasteiger partial charge in [0.15, 0.2) is 0 Å². The first-order chi connectivity index (χ1) is 9.12. The Morgan fingerprint density at radius 2 is 2.05 bits per heavy atom. The van der Waals surface area contributed by atoms with E-state index in [4.69, 9.17) is 10.5 Å². The first-order valence-electron chi connectivity index (χ1n) is 6.45. The molecular formula is C14H22N2O2S. The fraction of sp³-hybridized carbons (Fsp3) is 0.500. The van der Waals surface area contributed by atoms with Crippen LogP contribution in [0.2, 0.25) is 0 Å². The van der Waals surface area contributed by atoms with Crippen molar-refractivity contribution in [3.05, 3.63) is 23.8 Å². The van der Waals surface area contributed by atoms with Gasteiger partial charge in [-0.25, -0.2) is 4.79 Å². The molecule has 5 heteroatoms. The number of methoxy groups -OCH3 is 1. The second-order valence-corrected chi connectivity index (χ2v) is 5.26. The molecule has 0 aliphatic rings. The zero-order chi connectivity index (χ0) is 14.3. The van der Waals surface area contributed by atoms with Crippen molar-refractivity contribution >= 4 is 23.4 Å². The molecule has 0 aliphatic carbocycles. The van der Waals surface area contributed by atoms with Crippen LogP contribution in [0.25, 0.3) is 0 Å². The number of thioether (sulfide) groups is 1. The van der Waals surface area contributed by atoms with Crippen LogP contribution in [0.15, 0.2) is 23.1 Å². The zero-order valence-corrected chi connectivity index (χ0v) is 12.6. The number of nitrogens with two attached hydrogens (primary N) is 1. The van der Waals surface area contributed by atoms with E-state index in [0.29, 0.717) is 11.3 Å². The number of rotatable bonds is 7. The Hall–Kier alpha value is -1.20. The number of esters is 1. The first kappa shape index (κ1) is 15.9. The van der Waals surface area contributed by atoms with Crippen molar-refractivity contribution in [1.82, 2.24) is 4.90 Å². The molecule has 0 heterocycles. The van der Waals surface area contributed by atoms with Crippen LogP contribution in [0.1, 0.15) is 24.2 Å². The molecule has 0 bridgehead atoms. The predicted molar refractivity (Wildman–Crippen MR) is 80.7 cm³/mol. The van der Waals surface area contributed by atoms with Crippen LogP contribution < -0.4 is 5.73 Å². The maximum atomic E-state index is 11.7. The average Bonchev–Trinajstić information content (AvgIpc) is 2.44. The fourth-order valence-corrected chi connectivity index (χ4v) is 2.80. The molecular weight excluding hydrogens is 260 g/mol. The van der Waals surface area contributed by atoms with Crippen molar-refractivity contribution in [3.8, 4) is 0 Å². The van der Waals surface area contributed by atoms with E-state index in [1.807, 2.05) is 12.1 Å². The largest absolute Gasteiger partial charge is 0.465 e. The highest BCUT2D eigenvalue weighted by molar-refractivity contribution is 7.99. The van der Waals surface area contributed by atoms with Crippen LogP contribution in [-0.2, 0) is 4.74 Å². The Morgan fingerprint density at radius 3 is 2.63 bits per heavy atom. The van der Waals surface area contributed by atoms with Gasteiger partial charge in [0.2, 0.25) is 0 Å². The lowest BCUT2D eigenvalue weighted by atomic mass is 10.2. The minimum atomic E-state index is -0.336. The van der Waals surface area contributed by atoms with E-state index in [9.17, 15) is 4.79 Å². The van der Waals surface area contributed by atoms with Gasteiger partial charge in [0.1, 0.15) is 0 Å². The van der Waals surface area contributed by atoms with Gasteiger partial charge in [-0.05, 0) is 31.3 Å². The minimum Gasteiger partial charge on any atom is -0.465 e. The molecule has 4 nitrogen and oxygen atoms in total. The van der Waals surface area contributed by atoms with Gasteiger partial charge in [0, 0.05) is 22.9 Å². The predicted octanol–water partition coefficient (Wildman–Crippen LogP) is 2.49. The average molecular weight is 282 g/mol. The van der Waals surface area contributed by atoms with E-state index < -0.39 is 0 Å².